The predicted molar refractivity (Wildman–Crippen MR) is 123 cm³/mol. The molecule has 2 heterocycles. The number of carbonyl (C=O) groups excluding carboxylic acids is 1. The summed E-state index contributed by atoms with van der Waals surface area (Å²) in [6.45, 7) is 2.24. The first-order chi connectivity index (χ1) is 14.9. The number of hydrogen-bond donors (Lipinski definition) is 1. The zero-order valence-corrected chi connectivity index (χ0v) is 18.7. The SMILES string of the molecule is CCCS(=O)(=O)N1CCCCC1C(=O)Nc1ccc(-c2nc3ccccc3n2C)cc1. The molecule has 0 spiro atoms. The van der Waals surface area contributed by atoms with Crippen LogP contribution in [-0.2, 0) is 21.9 Å². The van der Waals surface area contributed by atoms with Crippen molar-refractivity contribution in [3.63, 3.8) is 0 Å². The van der Waals surface area contributed by atoms with Crippen LogP contribution in [-0.4, -0.2) is 46.5 Å². The molecule has 31 heavy (non-hydrogen) atoms. The quantitative estimate of drug-likeness (QED) is 0.632. The van der Waals surface area contributed by atoms with Crippen LogP contribution in [0.15, 0.2) is 48.5 Å². The lowest BCUT2D eigenvalue weighted by molar-refractivity contribution is -0.120. The minimum absolute atomic E-state index is 0.0729. The molecule has 1 fully saturated rings. The van der Waals surface area contributed by atoms with E-state index in [1.54, 1.807) is 0 Å². The number of imidazole rings is 1. The number of nitrogens with zero attached hydrogens (tertiary/aromatic N) is 3. The predicted octanol–water partition coefficient (Wildman–Crippen LogP) is 3.77. The second-order valence-electron chi connectivity index (χ2n) is 7.99. The molecule has 1 unspecified atom stereocenters. The first-order valence-electron chi connectivity index (χ1n) is 10.7. The van der Waals surface area contributed by atoms with Gasteiger partial charge in [0.05, 0.1) is 16.8 Å². The number of hydrogen-bond acceptors (Lipinski definition) is 4. The van der Waals surface area contributed by atoms with Crippen molar-refractivity contribution < 1.29 is 13.2 Å². The summed E-state index contributed by atoms with van der Waals surface area (Å²) in [5, 5.41) is 2.90. The summed E-state index contributed by atoms with van der Waals surface area (Å²) < 4.78 is 28.6. The number of benzene rings is 2. The molecule has 3 aromatic rings. The van der Waals surface area contributed by atoms with E-state index in [1.165, 1.54) is 4.31 Å². The molecule has 7 nitrogen and oxygen atoms in total. The van der Waals surface area contributed by atoms with Crippen molar-refractivity contribution in [1.82, 2.24) is 13.9 Å². The van der Waals surface area contributed by atoms with Crippen molar-refractivity contribution in [3.05, 3.63) is 48.5 Å². The van der Waals surface area contributed by atoms with Crippen LogP contribution in [0.2, 0.25) is 0 Å². The molecule has 1 amide bonds. The van der Waals surface area contributed by atoms with Crippen LogP contribution in [0.3, 0.4) is 0 Å². The zero-order chi connectivity index (χ0) is 22.0. The molecule has 1 aromatic heterocycles. The summed E-state index contributed by atoms with van der Waals surface area (Å²) in [7, 11) is -1.44. The molecule has 164 valence electrons. The van der Waals surface area contributed by atoms with Gasteiger partial charge in [-0.2, -0.15) is 4.31 Å². The van der Waals surface area contributed by atoms with Crippen LogP contribution in [0, 0.1) is 0 Å². The molecular formula is C23H28N4O3S. The van der Waals surface area contributed by atoms with Gasteiger partial charge < -0.3 is 9.88 Å². The monoisotopic (exact) mass is 440 g/mol. The van der Waals surface area contributed by atoms with E-state index in [2.05, 4.69) is 5.32 Å². The maximum Gasteiger partial charge on any atom is 0.242 e. The third kappa shape index (κ3) is 4.36. The lowest BCUT2D eigenvalue weighted by Gasteiger charge is -2.33. The Hall–Kier alpha value is -2.71. The summed E-state index contributed by atoms with van der Waals surface area (Å²) in [5.74, 6) is 0.654. The van der Waals surface area contributed by atoms with E-state index < -0.39 is 16.1 Å². The van der Waals surface area contributed by atoms with Gasteiger partial charge in [0.1, 0.15) is 11.9 Å². The van der Waals surface area contributed by atoms with Gasteiger partial charge in [0.2, 0.25) is 15.9 Å². The Kier molecular flexibility index (Phi) is 6.11. The third-order valence-electron chi connectivity index (χ3n) is 5.77. The van der Waals surface area contributed by atoms with Crippen LogP contribution >= 0.6 is 0 Å². The fourth-order valence-electron chi connectivity index (χ4n) is 4.21. The van der Waals surface area contributed by atoms with Gasteiger partial charge in [-0.25, -0.2) is 13.4 Å². The van der Waals surface area contributed by atoms with E-state index in [0.29, 0.717) is 25.1 Å². The Morgan fingerprint density at radius 2 is 1.87 bits per heavy atom. The van der Waals surface area contributed by atoms with Gasteiger partial charge >= 0.3 is 0 Å². The van der Waals surface area contributed by atoms with Gasteiger partial charge in [-0.15, -0.1) is 0 Å². The van der Waals surface area contributed by atoms with Crippen molar-refractivity contribution in [1.29, 1.82) is 0 Å². The molecule has 1 aliphatic heterocycles. The van der Waals surface area contributed by atoms with Crippen LogP contribution in [0.5, 0.6) is 0 Å². The lowest BCUT2D eigenvalue weighted by atomic mass is 10.0. The number of aromatic nitrogens is 2. The molecule has 1 N–H and O–H groups in total. The number of amides is 1. The number of para-hydroxylation sites is 2. The van der Waals surface area contributed by atoms with Crippen molar-refractivity contribution in [2.24, 2.45) is 7.05 Å². The highest BCUT2D eigenvalue weighted by Crippen LogP contribution is 2.26. The lowest BCUT2D eigenvalue weighted by Crippen LogP contribution is -2.50. The number of anilines is 1. The molecule has 1 aliphatic rings. The van der Waals surface area contributed by atoms with Gasteiger partial charge in [-0.3, -0.25) is 4.79 Å². The number of carbonyl (C=O) groups is 1. The topological polar surface area (TPSA) is 84.3 Å². The van der Waals surface area contributed by atoms with Crippen LogP contribution in [0.25, 0.3) is 22.4 Å². The molecule has 4 rings (SSSR count). The van der Waals surface area contributed by atoms with Crippen LogP contribution in [0.4, 0.5) is 5.69 Å². The van der Waals surface area contributed by atoms with Gasteiger partial charge in [0.15, 0.2) is 0 Å². The first-order valence-corrected chi connectivity index (χ1v) is 12.3. The average molecular weight is 441 g/mol. The normalized spacial score (nSPS) is 17.7. The van der Waals surface area contributed by atoms with E-state index in [9.17, 15) is 13.2 Å². The third-order valence-corrected chi connectivity index (χ3v) is 7.85. The van der Waals surface area contributed by atoms with Gasteiger partial charge in [0, 0.05) is 24.8 Å². The molecular weight excluding hydrogens is 412 g/mol. The van der Waals surface area contributed by atoms with E-state index >= 15 is 0 Å². The molecule has 1 saturated heterocycles. The van der Waals surface area contributed by atoms with Crippen molar-refractivity contribution in [3.8, 4) is 11.4 Å². The van der Waals surface area contributed by atoms with Crippen molar-refractivity contribution >= 4 is 32.7 Å². The number of rotatable bonds is 6. The highest BCUT2D eigenvalue weighted by Gasteiger charge is 2.36. The Bertz CT molecular complexity index is 1190. The number of aryl methyl sites for hydroxylation is 1. The Morgan fingerprint density at radius 3 is 2.58 bits per heavy atom. The number of sulfonamides is 1. The molecule has 1 atom stereocenters. The number of fused-ring (bicyclic) bond motifs is 1. The molecule has 0 bridgehead atoms. The van der Waals surface area contributed by atoms with Gasteiger partial charge in [0.25, 0.3) is 0 Å². The Morgan fingerprint density at radius 1 is 1.13 bits per heavy atom. The summed E-state index contributed by atoms with van der Waals surface area (Å²) in [6, 6.07) is 14.8. The zero-order valence-electron chi connectivity index (χ0n) is 17.9. The average Bonchev–Trinajstić information content (AvgIpc) is 3.11. The summed E-state index contributed by atoms with van der Waals surface area (Å²) in [4.78, 5) is 17.6. The maximum absolute atomic E-state index is 12.9. The molecule has 0 aliphatic carbocycles. The fourth-order valence-corrected chi connectivity index (χ4v) is 5.95. The summed E-state index contributed by atoms with van der Waals surface area (Å²) >= 11 is 0. The van der Waals surface area contributed by atoms with E-state index in [4.69, 9.17) is 4.98 Å². The molecule has 8 heteroatoms. The van der Waals surface area contributed by atoms with E-state index in [0.717, 1.165) is 35.3 Å². The molecule has 2 aromatic carbocycles. The van der Waals surface area contributed by atoms with Crippen molar-refractivity contribution in [2.75, 3.05) is 17.6 Å². The standard InChI is InChI=1S/C23H28N4O3S/c1-3-16-31(29,30)27-15-7-6-10-21(27)23(28)24-18-13-11-17(12-14-18)22-25-19-8-4-5-9-20(19)26(22)2/h4-5,8-9,11-14,21H,3,6-7,10,15-16H2,1-2H3,(H,24,28). The Labute approximate surface area is 183 Å². The largest absolute Gasteiger partial charge is 0.327 e. The highest BCUT2D eigenvalue weighted by atomic mass is 32.2. The Balaban J connectivity index is 1.51. The number of piperidine rings is 1. The minimum Gasteiger partial charge on any atom is -0.327 e. The highest BCUT2D eigenvalue weighted by molar-refractivity contribution is 7.89. The smallest absolute Gasteiger partial charge is 0.242 e. The van der Waals surface area contributed by atoms with Gasteiger partial charge in [-0.05, 0) is 55.7 Å². The summed E-state index contributed by atoms with van der Waals surface area (Å²) in [6.07, 6.45) is 2.73. The fraction of sp³-hybridized carbons (Fsp3) is 0.391. The second-order valence-corrected chi connectivity index (χ2v) is 10.0. The van der Waals surface area contributed by atoms with E-state index in [1.807, 2.05) is 67.1 Å². The molecule has 0 saturated carbocycles. The number of nitrogens with one attached hydrogen (secondary N) is 1. The van der Waals surface area contributed by atoms with Crippen LogP contribution in [0.1, 0.15) is 32.6 Å². The van der Waals surface area contributed by atoms with Crippen molar-refractivity contribution in [2.45, 2.75) is 38.6 Å². The van der Waals surface area contributed by atoms with Crippen LogP contribution < -0.4 is 5.32 Å². The maximum atomic E-state index is 12.9. The van der Waals surface area contributed by atoms with Gasteiger partial charge in [-0.1, -0.05) is 25.5 Å². The first kappa shape index (κ1) is 21.5. The minimum atomic E-state index is -3.42. The van der Waals surface area contributed by atoms with E-state index in [-0.39, 0.29) is 11.7 Å². The summed E-state index contributed by atoms with van der Waals surface area (Å²) in [5.41, 5.74) is 3.58. The molecule has 0 radical (unpaired) electrons. The second kappa shape index (κ2) is 8.80.